The molecular weight excluding hydrogens is 216 g/mol. The van der Waals surface area contributed by atoms with Crippen molar-refractivity contribution in [1.82, 2.24) is 9.88 Å². The number of hydrogen-bond acceptors (Lipinski definition) is 4. The lowest BCUT2D eigenvalue weighted by atomic mass is 9.95. The van der Waals surface area contributed by atoms with E-state index in [1.165, 1.54) is 0 Å². The number of rotatable bonds is 3. The summed E-state index contributed by atoms with van der Waals surface area (Å²) in [5, 5.41) is 10.0. The number of hydrogen-bond donors (Lipinski definition) is 1. The fourth-order valence-electron chi connectivity index (χ4n) is 2.35. The molecule has 4 heteroatoms. The third-order valence-electron chi connectivity index (χ3n) is 3.13. The lowest BCUT2D eigenvalue weighted by molar-refractivity contribution is -0.0185. The van der Waals surface area contributed by atoms with E-state index < -0.39 is 5.60 Å². The number of methoxy groups -OCH3 is 1. The van der Waals surface area contributed by atoms with E-state index in [-0.39, 0.29) is 0 Å². The van der Waals surface area contributed by atoms with Crippen LogP contribution in [-0.2, 0) is 6.54 Å². The average molecular weight is 236 g/mol. The SMILES string of the molecule is COc1cccc(CN2CCCC(C)(O)C2)n1. The minimum Gasteiger partial charge on any atom is -0.481 e. The highest BCUT2D eigenvalue weighted by Crippen LogP contribution is 2.21. The number of β-amino-alcohol motifs (C(OH)–C–C–N with tert-alkyl or cyclic N) is 1. The average Bonchev–Trinajstić information content (AvgIpc) is 2.28. The standard InChI is InChI=1S/C13H20N2O2/c1-13(16)7-4-8-15(10-13)9-11-5-3-6-12(14-11)17-2/h3,5-6,16H,4,7-10H2,1-2H3. The fraction of sp³-hybridized carbons (Fsp3) is 0.615. The molecule has 0 bridgehead atoms. The number of aromatic nitrogens is 1. The van der Waals surface area contributed by atoms with Crippen molar-refractivity contribution in [2.75, 3.05) is 20.2 Å². The van der Waals surface area contributed by atoms with E-state index in [0.717, 1.165) is 31.6 Å². The van der Waals surface area contributed by atoms with Crippen molar-refractivity contribution >= 4 is 0 Å². The lowest BCUT2D eigenvalue weighted by Crippen LogP contribution is -2.45. The van der Waals surface area contributed by atoms with Crippen LogP contribution >= 0.6 is 0 Å². The Morgan fingerprint density at radius 2 is 2.35 bits per heavy atom. The first kappa shape index (κ1) is 12.3. The molecule has 94 valence electrons. The molecule has 0 amide bonds. The Balaban J connectivity index is 2.00. The van der Waals surface area contributed by atoms with Gasteiger partial charge in [0.1, 0.15) is 0 Å². The monoisotopic (exact) mass is 236 g/mol. The maximum atomic E-state index is 10.0. The van der Waals surface area contributed by atoms with E-state index >= 15 is 0 Å². The molecule has 0 spiro atoms. The van der Waals surface area contributed by atoms with Crippen molar-refractivity contribution < 1.29 is 9.84 Å². The van der Waals surface area contributed by atoms with Crippen LogP contribution in [0, 0.1) is 0 Å². The quantitative estimate of drug-likeness (QED) is 0.862. The van der Waals surface area contributed by atoms with Crippen molar-refractivity contribution in [2.45, 2.75) is 31.9 Å². The molecule has 1 saturated heterocycles. The molecule has 1 N–H and O–H groups in total. The molecule has 1 aromatic rings. The number of nitrogens with zero attached hydrogens (tertiary/aromatic N) is 2. The molecule has 4 nitrogen and oxygen atoms in total. The summed E-state index contributed by atoms with van der Waals surface area (Å²) >= 11 is 0. The molecule has 1 aliphatic rings. The molecule has 0 aromatic carbocycles. The van der Waals surface area contributed by atoms with Gasteiger partial charge in [-0.05, 0) is 32.4 Å². The van der Waals surface area contributed by atoms with Gasteiger partial charge in [-0.25, -0.2) is 4.98 Å². The minimum atomic E-state index is -0.558. The van der Waals surface area contributed by atoms with E-state index in [2.05, 4.69) is 9.88 Å². The Hall–Kier alpha value is -1.13. The Bertz CT molecular complexity index is 379. The van der Waals surface area contributed by atoms with Crippen molar-refractivity contribution in [1.29, 1.82) is 0 Å². The smallest absolute Gasteiger partial charge is 0.213 e. The van der Waals surface area contributed by atoms with Gasteiger partial charge in [-0.1, -0.05) is 6.07 Å². The van der Waals surface area contributed by atoms with Gasteiger partial charge in [-0.2, -0.15) is 0 Å². The molecular formula is C13H20N2O2. The summed E-state index contributed by atoms with van der Waals surface area (Å²) in [5.41, 5.74) is 0.430. The zero-order chi connectivity index (χ0) is 12.3. The Morgan fingerprint density at radius 3 is 3.06 bits per heavy atom. The maximum absolute atomic E-state index is 10.0. The highest BCUT2D eigenvalue weighted by Gasteiger charge is 2.28. The van der Waals surface area contributed by atoms with Crippen LogP contribution in [-0.4, -0.2) is 40.8 Å². The van der Waals surface area contributed by atoms with Crippen LogP contribution in [0.4, 0.5) is 0 Å². The number of aliphatic hydroxyl groups is 1. The predicted molar refractivity (Wildman–Crippen MR) is 65.9 cm³/mol. The van der Waals surface area contributed by atoms with E-state index in [1.807, 2.05) is 25.1 Å². The molecule has 1 fully saturated rings. The molecule has 0 aliphatic carbocycles. The number of pyridine rings is 1. The molecule has 17 heavy (non-hydrogen) atoms. The second kappa shape index (κ2) is 5.02. The molecule has 0 radical (unpaired) electrons. The normalized spacial score (nSPS) is 25.8. The van der Waals surface area contributed by atoms with E-state index in [0.29, 0.717) is 12.4 Å². The number of piperidine rings is 1. The summed E-state index contributed by atoms with van der Waals surface area (Å²) in [6.45, 7) is 4.41. The van der Waals surface area contributed by atoms with E-state index in [9.17, 15) is 5.11 Å². The van der Waals surface area contributed by atoms with Gasteiger partial charge < -0.3 is 9.84 Å². The van der Waals surface area contributed by atoms with Crippen LogP contribution in [0.15, 0.2) is 18.2 Å². The first-order valence-corrected chi connectivity index (χ1v) is 6.04. The molecule has 0 saturated carbocycles. The summed E-state index contributed by atoms with van der Waals surface area (Å²) in [5.74, 6) is 0.645. The van der Waals surface area contributed by atoms with Gasteiger partial charge in [0.05, 0.1) is 18.4 Å². The largest absolute Gasteiger partial charge is 0.481 e. The molecule has 2 heterocycles. The highest BCUT2D eigenvalue weighted by atomic mass is 16.5. The summed E-state index contributed by atoms with van der Waals surface area (Å²) in [7, 11) is 1.62. The zero-order valence-corrected chi connectivity index (χ0v) is 10.5. The van der Waals surface area contributed by atoms with E-state index in [4.69, 9.17) is 4.74 Å². The van der Waals surface area contributed by atoms with Gasteiger partial charge in [0.25, 0.3) is 0 Å². The Labute approximate surface area is 102 Å². The van der Waals surface area contributed by atoms with Gasteiger partial charge >= 0.3 is 0 Å². The molecule has 1 atom stereocenters. The second-order valence-corrected chi connectivity index (χ2v) is 4.98. The number of likely N-dealkylation sites (tertiary alicyclic amines) is 1. The van der Waals surface area contributed by atoms with Crippen molar-refractivity contribution in [3.8, 4) is 5.88 Å². The first-order chi connectivity index (χ1) is 8.09. The van der Waals surface area contributed by atoms with Crippen molar-refractivity contribution in [3.63, 3.8) is 0 Å². The van der Waals surface area contributed by atoms with Gasteiger partial charge in [0.2, 0.25) is 5.88 Å². The molecule has 1 aliphatic heterocycles. The van der Waals surface area contributed by atoms with Crippen LogP contribution in [0.3, 0.4) is 0 Å². The molecule has 1 unspecified atom stereocenters. The predicted octanol–water partition coefficient (Wildman–Crippen LogP) is 1.44. The van der Waals surface area contributed by atoms with Gasteiger partial charge in [-0.15, -0.1) is 0 Å². The zero-order valence-electron chi connectivity index (χ0n) is 10.5. The maximum Gasteiger partial charge on any atom is 0.213 e. The summed E-state index contributed by atoms with van der Waals surface area (Å²) in [4.78, 5) is 6.63. The fourth-order valence-corrected chi connectivity index (χ4v) is 2.35. The van der Waals surface area contributed by atoms with Gasteiger partial charge in [0, 0.05) is 19.2 Å². The van der Waals surface area contributed by atoms with Crippen LogP contribution in [0.1, 0.15) is 25.5 Å². The molecule has 1 aromatic heterocycles. The molecule has 2 rings (SSSR count). The highest BCUT2D eigenvalue weighted by molar-refractivity contribution is 5.15. The Morgan fingerprint density at radius 1 is 1.53 bits per heavy atom. The van der Waals surface area contributed by atoms with Crippen LogP contribution in [0.2, 0.25) is 0 Å². The van der Waals surface area contributed by atoms with Crippen LogP contribution in [0.5, 0.6) is 5.88 Å². The van der Waals surface area contributed by atoms with Crippen molar-refractivity contribution in [2.24, 2.45) is 0 Å². The second-order valence-electron chi connectivity index (χ2n) is 4.98. The summed E-state index contributed by atoms with van der Waals surface area (Å²) in [6.07, 6.45) is 1.92. The third-order valence-corrected chi connectivity index (χ3v) is 3.13. The van der Waals surface area contributed by atoms with Crippen molar-refractivity contribution in [3.05, 3.63) is 23.9 Å². The van der Waals surface area contributed by atoms with Crippen LogP contribution < -0.4 is 4.74 Å². The minimum absolute atomic E-state index is 0.558. The van der Waals surface area contributed by atoms with Gasteiger partial charge in [0.15, 0.2) is 0 Å². The summed E-state index contributed by atoms with van der Waals surface area (Å²) < 4.78 is 5.11. The first-order valence-electron chi connectivity index (χ1n) is 6.04. The van der Waals surface area contributed by atoms with Crippen LogP contribution in [0.25, 0.3) is 0 Å². The Kier molecular flexibility index (Phi) is 3.64. The third kappa shape index (κ3) is 3.41. The van der Waals surface area contributed by atoms with E-state index in [1.54, 1.807) is 7.11 Å². The number of ether oxygens (including phenoxy) is 1. The summed E-state index contributed by atoms with van der Waals surface area (Å²) in [6, 6.07) is 5.78. The van der Waals surface area contributed by atoms with Gasteiger partial charge in [-0.3, -0.25) is 4.90 Å². The lowest BCUT2D eigenvalue weighted by Gasteiger charge is -2.36. The topological polar surface area (TPSA) is 45.6 Å².